The maximum Gasteiger partial charge on any atom is 0.237 e. The van der Waals surface area contributed by atoms with Crippen molar-refractivity contribution in [1.82, 2.24) is 14.8 Å². The molecule has 0 N–H and O–H groups in total. The summed E-state index contributed by atoms with van der Waals surface area (Å²) in [6.07, 6.45) is 2.54. The molecule has 1 aromatic heterocycles. The van der Waals surface area contributed by atoms with E-state index < -0.39 is 9.84 Å². The number of para-hydroxylation sites is 1. The molecule has 0 bridgehead atoms. The molecule has 2 fully saturated rings. The van der Waals surface area contributed by atoms with Gasteiger partial charge >= 0.3 is 0 Å². The van der Waals surface area contributed by atoms with E-state index in [4.69, 9.17) is 4.98 Å². The molecule has 0 aliphatic carbocycles. The summed E-state index contributed by atoms with van der Waals surface area (Å²) in [6.45, 7) is 1.01. The Balaban J connectivity index is 1.46. The van der Waals surface area contributed by atoms with Crippen LogP contribution >= 0.6 is 11.3 Å². The van der Waals surface area contributed by atoms with E-state index in [9.17, 15) is 13.2 Å². The predicted octanol–water partition coefficient (Wildman–Crippen LogP) is 2.08. The minimum atomic E-state index is -2.94. The molecule has 140 valence electrons. The molecule has 2 atom stereocenters. The number of thiazole rings is 1. The summed E-state index contributed by atoms with van der Waals surface area (Å²) in [5.41, 5.74) is 0.986. The van der Waals surface area contributed by atoms with Crippen molar-refractivity contribution in [1.29, 1.82) is 0 Å². The van der Waals surface area contributed by atoms with Crippen molar-refractivity contribution < 1.29 is 13.2 Å². The number of likely N-dealkylation sites (N-methyl/N-ethyl adjacent to an activating group) is 1. The van der Waals surface area contributed by atoms with Crippen LogP contribution in [0.2, 0.25) is 0 Å². The molecule has 2 saturated heterocycles. The molecule has 2 unspecified atom stereocenters. The van der Waals surface area contributed by atoms with Crippen molar-refractivity contribution >= 4 is 37.3 Å². The van der Waals surface area contributed by atoms with Gasteiger partial charge in [0, 0.05) is 12.6 Å². The summed E-state index contributed by atoms with van der Waals surface area (Å²) in [5, 5.41) is 1.00. The highest BCUT2D eigenvalue weighted by Gasteiger charge is 2.35. The highest BCUT2D eigenvalue weighted by Crippen LogP contribution is 2.36. The first-order valence-electron chi connectivity index (χ1n) is 8.98. The Morgan fingerprint density at radius 1 is 1.35 bits per heavy atom. The Morgan fingerprint density at radius 2 is 2.15 bits per heavy atom. The summed E-state index contributed by atoms with van der Waals surface area (Å²) < 4.78 is 24.5. The van der Waals surface area contributed by atoms with Gasteiger partial charge in [0.1, 0.15) is 5.01 Å². The molecule has 1 aromatic carbocycles. The van der Waals surface area contributed by atoms with Gasteiger partial charge in [0.05, 0.1) is 34.3 Å². The fourth-order valence-corrected chi connectivity index (χ4v) is 6.83. The summed E-state index contributed by atoms with van der Waals surface area (Å²) in [7, 11) is -1.09. The molecule has 0 spiro atoms. The fraction of sp³-hybridized carbons (Fsp3) is 0.556. The molecule has 2 aliphatic rings. The van der Waals surface area contributed by atoms with Crippen molar-refractivity contribution in [2.45, 2.75) is 31.3 Å². The first kappa shape index (κ1) is 17.9. The summed E-state index contributed by atoms with van der Waals surface area (Å²) >= 11 is 1.66. The van der Waals surface area contributed by atoms with Gasteiger partial charge < -0.3 is 4.90 Å². The van der Waals surface area contributed by atoms with E-state index in [1.54, 1.807) is 11.3 Å². The number of benzene rings is 1. The fourth-order valence-electron chi connectivity index (χ4n) is 3.91. The molecule has 3 heterocycles. The molecular formula is C18H23N3O3S2. The Hall–Kier alpha value is -1.51. The number of rotatable bonds is 4. The standard InChI is InChI=1S/C18H23N3O3S2/c1-20(13-8-10-26(23,24)12-13)11-17(22)21-9-4-6-15(21)18-19-14-5-2-3-7-16(14)25-18/h2-3,5,7,13,15H,4,6,8-12H2,1H3. The number of sulfone groups is 1. The zero-order valence-electron chi connectivity index (χ0n) is 14.8. The van der Waals surface area contributed by atoms with Gasteiger partial charge in [0.15, 0.2) is 9.84 Å². The van der Waals surface area contributed by atoms with E-state index in [0.29, 0.717) is 6.42 Å². The van der Waals surface area contributed by atoms with E-state index in [1.807, 2.05) is 35.0 Å². The van der Waals surface area contributed by atoms with Crippen LogP contribution in [0.15, 0.2) is 24.3 Å². The van der Waals surface area contributed by atoms with Crippen LogP contribution in [0, 0.1) is 0 Å². The minimum Gasteiger partial charge on any atom is -0.332 e. The Morgan fingerprint density at radius 3 is 2.88 bits per heavy atom. The molecule has 6 nitrogen and oxygen atoms in total. The second-order valence-electron chi connectivity index (χ2n) is 7.24. The first-order chi connectivity index (χ1) is 12.4. The van der Waals surface area contributed by atoms with E-state index in [0.717, 1.165) is 34.6 Å². The monoisotopic (exact) mass is 393 g/mol. The van der Waals surface area contributed by atoms with Crippen LogP contribution in [0.1, 0.15) is 30.3 Å². The van der Waals surface area contributed by atoms with Gasteiger partial charge in [-0.25, -0.2) is 13.4 Å². The number of likely N-dealkylation sites (tertiary alicyclic amines) is 1. The maximum absolute atomic E-state index is 12.9. The second-order valence-corrected chi connectivity index (χ2v) is 10.5. The summed E-state index contributed by atoms with van der Waals surface area (Å²) in [6, 6.07) is 8.05. The van der Waals surface area contributed by atoms with Gasteiger partial charge in [-0.3, -0.25) is 9.69 Å². The molecular weight excluding hydrogens is 370 g/mol. The van der Waals surface area contributed by atoms with Crippen LogP contribution < -0.4 is 0 Å². The number of hydrogen-bond acceptors (Lipinski definition) is 6. The predicted molar refractivity (Wildman–Crippen MR) is 103 cm³/mol. The Labute approximate surface area is 157 Å². The van der Waals surface area contributed by atoms with Crippen molar-refractivity contribution in [3.8, 4) is 0 Å². The van der Waals surface area contributed by atoms with Crippen LogP contribution in [0.4, 0.5) is 0 Å². The lowest BCUT2D eigenvalue weighted by atomic mass is 10.2. The second kappa shape index (κ2) is 6.90. The normalized spacial score (nSPS) is 25.4. The largest absolute Gasteiger partial charge is 0.332 e. The van der Waals surface area contributed by atoms with Crippen LogP contribution in [0.3, 0.4) is 0 Å². The molecule has 2 aromatic rings. The molecule has 0 saturated carbocycles. The molecule has 0 radical (unpaired) electrons. The quantitative estimate of drug-likeness (QED) is 0.795. The SMILES string of the molecule is CN(CC(=O)N1CCCC1c1nc2ccccc2s1)C1CCS(=O)(=O)C1. The van der Waals surface area contributed by atoms with Crippen molar-refractivity contribution in [2.24, 2.45) is 0 Å². The highest BCUT2D eigenvalue weighted by molar-refractivity contribution is 7.91. The van der Waals surface area contributed by atoms with Crippen LogP contribution in [-0.4, -0.2) is 66.8 Å². The molecule has 2 aliphatic heterocycles. The average molecular weight is 394 g/mol. The molecule has 4 rings (SSSR count). The first-order valence-corrected chi connectivity index (χ1v) is 11.6. The van der Waals surface area contributed by atoms with Crippen LogP contribution in [0.5, 0.6) is 0 Å². The lowest BCUT2D eigenvalue weighted by Gasteiger charge is -2.28. The van der Waals surface area contributed by atoms with Gasteiger partial charge in [0.25, 0.3) is 0 Å². The van der Waals surface area contributed by atoms with Crippen LogP contribution in [-0.2, 0) is 14.6 Å². The number of aromatic nitrogens is 1. The van der Waals surface area contributed by atoms with Crippen molar-refractivity contribution in [3.63, 3.8) is 0 Å². The smallest absolute Gasteiger partial charge is 0.237 e. The Bertz CT molecular complexity index is 892. The number of amides is 1. The average Bonchev–Trinajstić information content (AvgIpc) is 3.31. The van der Waals surface area contributed by atoms with Gasteiger partial charge in [-0.15, -0.1) is 11.3 Å². The molecule has 1 amide bonds. The molecule has 8 heteroatoms. The Kier molecular flexibility index (Phi) is 4.75. The van der Waals surface area contributed by atoms with Gasteiger partial charge in [-0.1, -0.05) is 12.1 Å². The van der Waals surface area contributed by atoms with Gasteiger partial charge in [-0.2, -0.15) is 0 Å². The van der Waals surface area contributed by atoms with Crippen molar-refractivity contribution in [2.75, 3.05) is 31.6 Å². The zero-order chi connectivity index (χ0) is 18.3. The third kappa shape index (κ3) is 3.50. The van der Waals surface area contributed by atoms with E-state index >= 15 is 0 Å². The third-order valence-electron chi connectivity index (χ3n) is 5.39. The maximum atomic E-state index is 12.9. The lowest BCUT2D eigenvalue weighted by Crippen LogP contribution is -2.43. The minimum absolute atomic E-state index is 0.0422. The van der Waals surface area contributed by atoms with E-state index in [2.05, 4.69) is 6.07 Å². The van der Waals surface area contributed by atoms with E-state index in [-0.39, 0.29) is 36.0 Å². The number of fused-ring (bicyclic) bond motifs is 1. The van der Waals surface area contributed by atoms with Crippen molar-refractivity contribution in [3.05, 3.63) is 29.3 Å². The van der Waals surface area contributed by atoms with Crippen LogP contribution in [0.25, 0.3) is 10.2 Å². The number of carbonyl (C=O) groups is 1. The number of carbonyl (C=O) groups excluding carboxylic acids is 1. The lowest BCUT2D eigenvalue weighted by molar-refractivity contribution is -0.133. The highest BCUT2D eigenvalue weighted by atomic mass is 32.2. The van der Waals surface area contributed by atoms with Gasteiger partial charge in [-0.05, 0) is 38.4 Å². The topological polar surface area (TPSA) is 70.6 Å². The van der Waals surface area contributed by atoms with Gasteiger partial charge in [0.2, 0.25) is 5.91 Å². The molecule has 26 heavy (non-hydrogen) atoms. The third-order valence-corrected chi connectivity index (χ3v) is 8.27. The summed E-state index contributed by atoms with van der Waals surface area (Å²) in [5.74, 6) is 0.463. The number of nitrogens with zero attached hydrogens (tertiary/aromatic N) is 3. The zero-order valence-corrected chi connectivity index (χ0v) is 16.4. The number of hydrogen-bond donors (Lipinski definition) is 0. The van der Waals surface area contributed by atoms with E-state index in [1.165, 1.54) is 0 Å². The summed E-state index contributed by atoms with van der Waals surface area (Å²) in [4.78, 5) is 21.5.